The minimum Gasteiger partial charge on any atom is -0.392 e. The molecule has 3 rings (SSSR count). The maximum Gasteiger partial charge on any atom is 0.254 e. The number of rotatable bonds is 4. The Labute approximate surface area is 129 Å². The highest BCUT2D eigenvalue weighted by Gasteiger charge is 2.23. The summed E-state index contributed by atoms with van der Waals surface area (Å²) in [5, 5.41) is 9.71. The molecule has 1 amide bonds. The molecule has 6 heteroatoms. The fraction of sp³-hybridized carbons (Fsp3) is 0.500. The van der Waals surface area contributed by atoms with Crippen LogP contribution in [0.2, 0.25) is 0 Å². The predicted octanol–water partition coefficient (Wildman–Crippen LogP) is 1.09. The van der Waals surface area contributed by atoms with Crippen LogP contribution in [0.25, 0.3) is 11.0 Å². The van der Waals surface area contributed by atoms with E-state index >= 15 is 0 Å². The van der Waals surface area contributed by atoms with Gasteiger partial charge in [-0.3, -0.25) is 9.69 Å². The average Bonchev–Trinajstić information content (AvgIpc) is 3.02. The van der Waals surface area contributed by atoms with Crippen LogP contribution in [0.15, 0.2) is 24.5 Å². The number of amides is 1. The van der Waals surface area contributed by atoms with Crippen LogP contribution < -0.4 is 0 Å². The number of nitrogens with zero attached hydrogens (tertiary/aromatic N) is 3. The molecule has 0 bridgehead atoms. The largest absolute Gasteiger partial charge is 0.392 e. The maximum atomic E-state index is 12.6. The first kappa shape index (κ1) is 15.0. The number of hydrogen-bond acceptors (Lipinski definition) is 4. The summed E-state index contributed by atoms with van der Waals surface area (Å²) in [6.07, 6.45) is 2.13. The van der Waals surface area contributed by atoms with Crippen molar-refractivity contribution in [2.75, 3.05) is 32.7 Å². The number of imidazole rings is 1. The first-order valence-corrected chi connectivity index (χ1v) is 7.80. The van der Waals surface area contributed by atoms with Crippen LogP contribution in [0, 0.1) is 0 Å². The number of aliphatic hydroxyl groups is 1. The lowest BCUT2D eigenvalue weighted by molar-refractivity contribution is 0.0524. The van der Waals surface area contributed by atoms with Gasteiger partial charge in [0.15, 0.2) is 0 Å². The van der Waals surface area contributed by atoms with E-state index in [-0.39, 0.29) is 12.0 Å². The Balaban J connectivity index is 1.61. The second kappa shape index (κ2) is 6.46. The molecule has 1 aliphatic rings. The quantitative estimate of drug-likeness (QED) is 0.887. The van der Waals surface area contributed by atoms with Crippen molar-refractivity contribution in [3.05, 3.63) is 30.1 Å². The minimum absolute atomic E-state index is 0.0622. The first-order valence-electron chi connectivity index (χ1n) is 7.80. The number of aliphatic hydroxyl groups excluding tert-OH is 1. The molecule has 0 spiro atoms. The summed E-state index contributed by atoms with van der Waals surface area (Å²) in [7, 11) is 0. The van der Waals surface area contributed by atoms with Crippen LogP contribution in [0.4, 0.5) is 0 Å². The van der Waals surface area contributed by atoms with Gasteiger partial charge in [0.1, 0.15) is 0 Å². The molecule has 0 aliphatic carbocycles. The van der Waals surface area contributed by atoms with Crippen molar-refractivity contribution >= 4 is 16.9 Å². The number of fused-ring (bicyclic) bond motifs is 1. The van der Waals surface area contributed by atoms with Gasteiger partial charge in [0.2, 0.25) is 0 Å². The number of aromatic amines is 1. The third kappa shape index (κ3) is 3.13. The van der Waals surface area contributed by atoms with Crippen molar-refractivity contribution in [2.24, 2.45) is 0 Å². The van der Waals surface area contributed by atoms with Gasteiger partial charge in [-0.25, -0.2) is 4.98 Å². The zero-order valence-electron chi connectivity index (χ0n) is 12.8. The lowest BCUT2D eigenvalue weighted by atomic mass is 10.1. The molecule has 0 saturated carbocycles. The van der Waals surface area contributed by atoms with E-state index in [0.29, 0.717) is 25.2 Å². The Morgan fingerprint density at radius 1 is 1.36 bits per heavy atom. The zero-order chi connectivity index (χ0) is 15.5. The molecule has 6 nitrogen and oxygen atoms in total. The third-order valence-corrected chi connectivity index (χ3v) is 4.27. The zero-order valence-corrected chi connectivity index (χ0v) is 12.8. The number of carbonyl (C=O) groups excluding carboxylic acids is 1. The van der Waals surface area contributed by atoms with Gasteiger partial charge in [-0.15, -0.1) is 0 Å². The van der Waals surface area contributed by atoms with Crippen LogP contribution in [0.3, 0.4) is 0 Å². The van der Waals surface area contributed by atoms with Gasteiger partial charge in [0.25, 0.3) is 5.91 Å². The Hall–Kier alpha value is -1.92. The molecule has 1 atom stereocenters. The van der Waals surface area contributed by atoms with Gasteiger partial charge in [0, 0.05) is 38.3 Å². The monoisotopic (exact) mass is 302 g/mol. The van der Waals surface area contributed by atoms with Crippen molar-refractivity contribution in [2.45, 2.75) is 19.4 Å². The van der Waals surface area contributed by atoms with E-state index in [4.69, 9.17) is 0 Å². The molecule has 1 aliphatic heterocycles. The molecule has 1 unspecified atom stereocenters. The fourth-order valence-electron chi connectivity index (χ4n) is 2.81. The summed E-state index contributed by atoms with van der Waals surface area (Å²) >= 11 is 0. The number of carbonyl (C=O) groups is 1. The minimum atomic E-state index is -0.273. The number of aromatic nitrogens is 2. The molecular formula is C16H22N4O2. The SMILES string of the molecule is CCC(O)CN1CCN(C(=O)c2ccc3nc[nH]c3c2)CC1. The van der Waals surface area contributed by atoms with E-state index in [2.05, 4.69) is 14.9 Å². The smallest absolute Gasteiger partial charge is 0.254 e. The van der Waals surface area contributed by atoms with E-state index in [9.17, 15) is 9.90 Å². The summed E-state index contributed by atoms with van der Waals surface area (Å²) in [5.41, 5.74) is 2.45. The number of hydrogen-bond donors (Lipinski definition) is 2. The number of nitrogens with one attached hydrogen (secondary N) is 1. The first-order chi connectivity index (χ1) is 10.7. The summed E-state index contributed by atoms with van der Waals surface area (Å²) in [6, 6.07) is 5.56. The standard InChI is InChI=1S/C16H22N4O2/c1-2-13(21)10-19-5-7-20(8-6-19)16(22)12-3-4-14-15(9-12)18-11-17-14/h3-4,9,11,13,21H,2,5-8,10H2,1H3,(H,17,18). The van der Waals surface area contributed by atoms with E-state index in [0.717, 1.165) is 30.5 Å². The van der Waals surface area contributed by atoms with Crippen molar-refractivity contribution < 1.29 is 9.90 Å². The van der Waals surface area contributed by atoms with Crippen LogP contribution in [0.1, 0.15) is 23.7 Å². The molecule has 118 valence electrons. The summed E-state index contributed by atoms with van der Waals surface area (Å²) in [6.45, 7) is 5.71. The third-order valence-electron chi connectivity index (χ3n) is 4.27. The van der Waals surface area contributed by atoms with E-state index in [1.165, 1.54) is 0 Å². The molecule has 2 N–H and O–H groups in total. The van der Waals surface area contributed by atoms with Gasteiger partial charge in [-0.1, -0.05) is 6.92 Å². The average molecular weight is 302 g/mol. The van der Waals surface area contributed by atoms with Gasteiger partial charge in [-0.2, -0.15) is 0 Å². The number of benzene rings is 1. The highest BCUT2D eigenvalue weighted by molar-refractivity contribution is 5.97. The number of piperazine rings is 1. The molecule has 1 fully saturated rings. The van der Waals surface area contributed by atoms with Crippen LogP contribution in [-0.2, 0) is 0 Å². The molecule has 2 aromatic rings. The van der Waals surface area contributed by atoms with Crippen LogP contribution in [0.5, 0.6) is 0 Å². The summed E-state index contributed by atoms with van der Waals surface area (Å²) in [5.74, 6) is 0.0622. The molecule has 1 aromatic carbocycles. The normalized spacial score (nSPS) is 17.8. The van der Waals surface area contributed by atoms with Crippen LogP contribution >= 0.6 is 0 Å². The number of H-pyrrole nitrogens is 1. The highest BCUT2D eigenvalue weighted by atomic mass is 16.3. The lowest BCUT2D eigenvalue weighted by Crippen LogP contribution is -2.50. The van der Waals surface area contributed by atoms with Gasteiger partial charge in [-0.05, 0) is 24.6 Å². The fourth-order valence-corrected chi connectivity index (χ4v) is 2.81. The molecule has 22 heavy (non-hydrogen) atoms. The van der Waals surface area contributed by atoms with Gasteiger partial charge >= 0.3 is 0 Å². The Morgan fingerprint density at radius 3 is 2.86 bits per heavy atom. The van der Waals surface area contributed by atoms with Gasteiger partial charge in [0.05, 0.1) is 23.5 Å². The Bertz CT molecular complexity index is 646. The van der Waals surface area contributed by atoms with Crippen molar-refractivity contribution in [3.8, 4) is 0 Å². The Kier molecular flexibility index (Phi) is 4.40. The molecular weight excluding hydrogens is 280 g/mol. The Morgan fingerprint density at radius 2 is 2.14 bits per heavy atom. The van der Waals surface area contributed by atoms with Crippen molar-refractivity contribution in [1.29, 1.82) is 0 Å². The predicted molar refractivity (Wildman–Crippen MR) is 84.7 cm³/mol. The molecule has 2 heterocycles. The van der Waals surface area contributed by atoms with E-state index in [1.54, 1.807) is 6.33 Å². The van der Waals surface area contributed by atoms with Crippen molar-refractivity contribution in [3.63, 3.8) is 0 Å². The highest BCUT2D eigenvalue weighted by Crippen LogP contribution is 2.15. The summed E-state index contributed by atoms with van der Waals surface area (Å²) in [4.78, 5) is 23.9. The molecule has 0 radical (unpaired) electrons. The van der Waals surface area contributed by atoms with E-state index < -0.39 is 0 Å². The number of β-amino-alcohol motifs (C(OH)–C–C–N with tert-alkyl or cyclic N) is 1. The van der Waals surface area contributed by atoms with Gasteiger partial charge < -0.3 is 15.0 Å². The topological polar surface area (TPSA) is 72.5 Å². The molecule has 1 saturated heterocycles. The summed E-state index contributed by atoms with van der Waals surface area (Å²) < 4.78 is 0. The maximum absolute atomic E-state index is 12.6. The lowest BCUT2D eigenvalue weighted by Gasteiger charge is -2.35. The second-order valence-corrected chi connectivity index (χ2v) is 5.79. The van der Waals surface area contributed by atoms with Crippen LogP contribution in [-0.4, -0.2) is 69.6 Å². The molecule has 1 aromatic heterocycles. The van der Waals surface area contributed by atoms with Crippen molar-refractivity contribution in [1.82, 2.24) is 19.8 Å². The second-order valence-electron chi connectivity index (χ2n) is 5.79. The van der Waals surface area contributed by atoms with E-state index in [1.807, 2.05) is 30.0 Å².